The molecule has 5 heteroatoms. The number of unbranched alkanes of at least 4 members (excludes halogenated alkanes) is 30. The van der Waals surface area contributed by atoms with Crippen molar-refractivity contribution in [3.63, 3.8) is 0 Å². The molecule has 0 fully saturated rings. The zero-order valence-corrected chi connectivity index (χ0v) is 30.2. The first kappa shape index (κ1) is 42.9. The molecular weight excluding hydrogens is 540 g/mol. The number of nitrogens with zero attached hydrogens (tertiary/aromatic N) is 2. The van der Waals surface area contributed by atoms with Gasteiger partial charge in [-0.2, -0.15) is 0 Å². The highest BCUT2D eigenvalue weighted by Gasteiger charge is 2.12. The van der Waals surface area contributed by atoms with E-state index >= 15 is 0 Å². The Morgan fingerprint density at radius 1 is 0.477 bits per heavy atom. The first-order chi connectivity index (χ1) is 21.8. The fourth-order valence-electron chi connectivity index (χ4n) is 6.34. The van der Waals surface area contributed by atoms with E-state index in [4.69, 9.17) is 5.84 Å². The van der Waals surface area contributed by atoms with Gasteiger partial charge < -0.3 is 10.3 Å². The molecule has 0 heterocycles. The molecule has 0 bridgehead atoms. The normalized spacial score (nSPS) is 11.5. The maximum absolute atomic E-state index is 12.7. The van der Waals surface area contributed by atoms with Gasteiger partial charge in [0, 0.05) is 13.1 Å². The highest BCUT2D eigenvalue weighted by molar-refractivity contribution is 5.79. The Hall–Kier alpha value is -1.10. The van der Waals surface area contributed by atoms with Crippen molar-refractivity contribution in [2.45, 2.75) is 219 Å². The van der Waals surface area contributed by atoms with Crippen molar-refractivity contribution < 1.29 is 4.79 Å². The highest BCUT2D eigenvalue weighted by atomic mass is 16.2. The van der Waals surface area contributed by atoms with Crippen LogP contribution in [0.4, 0.5) is 0 Å². The highest BCUT2D eigenvalue weighted by Crippen LogP contribution is 2.16. The van der Waals surface area contributed by atoms with E-state index in [-0.39, 0.29) is 12.5 Å². The first-order valence-electron chi connectivity index (χ1n) is 20.0. The molecule has 0 atom stereocenters. The van der Waals surface area contributed by atoms with Crippen molar-refractivity contribution in [3.8, 4) is 0 Å². The second-order valence-corrected chi connectivity index (χ2v) is 13.6. The van der Waals surface area contributed by atoms with Gasteiger partial charge in [0.05, 0.1) is 6.34 Å². The summed E-state index contributed by atoms with van der Waals surface area (Å²) in [7, 11) is 0. The number of aliphatic imine (C=N–C) groups is 1. The number of nitrogens with two attached hydrogens (primary N) is 1. The summed E-state index contributed by atoms with van der Waals surface area (Å²) in [5.41, 5.74) is 2.40. The lowest BCUT2D eigenvalue weighted by Gasteiger charge is -2.22. The SMILES string of the molecule is CCCCCCCCCCCCCCCCCCN(CCCCCCCCCCCCCCCCCC)C(=O)CN=CNN. The van der Waals surface area contributed by atoms with E-state index in [0.29, 0.717) is 0 Å². The van der Waals surface area contributed by atoms with Crippen LogP contribution >= 0.6 is 0 Å². The van der Waals surface area contributed by atoms with Crippen LogP contribution < -0.4 is 11.3 Å². The molecule has 262 valence electrons. The van der Waals surface area contributed by atoms with Crippen LogP contribution in [0.2, 0.25) is 0 Å². The number of amides is 1. The summed E-state index contributed by atoms with van der Waals surface area (Å²) in [6, 6.07) is 0. The van der Waals surface area contributed by atoms with Crippen LogP contribution in [-0.4, -0.2) is 36.8 Å². The number of carbonyl (C=O) groups excluding carboxylic acids is 1. The van der Waals surface area contributed by atoms with Gasteiger partial charge >= 0.3 is 0 Å². The molecule has 0 aromatic rings. The van der Waals surface area contributed by atoms with E-state index in [1.165, 1.54) is 199 Å². The van der Waals surface area contributed by atoms with Crippen molar-refractivity contribution in [1.82, 2.24) is 10.3 Å². The van der Waals surface area contributed by atoms with Gasteiger partial charge in [0.2, 0.25) is 5.91 Å². The van der Waals surface area contributed by atoms with Crippen LogP contribution in [0.3, 0.4) is 0 Å². The molecule has 1 amide bonds. The zero-order chi connectivity index (χ0) is 32.0. The van der Waals surface area contributed by atoms with Gasteiger partial charge in [-0.15, -0.1) is 0 Å². The molecule has 0 saturated carbocycles. The van der Waals surface area contributed by atoms with Crippen LogP contribution in [0.5, 0.6) is 0 Å². The van der Waals surface area contributed by atoms with Gasteiger partial charge in [-0.05, 0) is 12.8 Å². The Balaban J connectivity index is 3.75. The molecule has 44 heavy (non-hydrogen) atoms. The molecule has 0 aliphatic carbocycles. The summed E-state index contributed by atoms with van der Waals surface area (Å²) in [5, 5.41) is 0. The first-order valence-corrected chi connectivity index (χ1v) is 20.0. The molecule has 0 aliphatic heterocycles. The predicted molar refractivity (Wildman–Crippen MR) is 196 cm³/mol. The minimum atomic E-state index is 0.137. The Bertz CT molecular complexity index is 546. The Morgan fingerprint density at radius 2 is 0.727 bits per heavy atom. The standard InChI is InChI=1S/C39H80N4O/c1-3-5-7-9-11-13-15-17-19-21-23-25-27-29-31-33-35-43(39(44)37-41-38-42-40)36-34-32-30-28-26-24-22-20-18-16-14-12-10-8-6-4-2/h38H,3-37,40H2,1-2H3,(H,41,42). The average Bonchev–Trinajstić information content (AvgIpc) is 3.03. The van der Waals surface area contributed by atoms with Crippen molar-refractivity contribution in [1.29, 1.82) is 0 Å². The number of hydrogen-bond acceptors (Lipinski definition) is 3. The number of hydrazine groups is 1. The minimum absolute atomic E-state index is 0.137. The number of nitrogens with one attached hydrogen (secondary N) is 1. The van der Waals surface area contributed by atoms with E-state index in [2.05, 4.69) is 29.2 Å². The number of rotatable bonds is 37. The maximum atomic E-state index is 12.7. The zero-order valence-electron chi connectivity index (χ0n) is 30.2. The monoisotopic (exact) mass is 621 g/mol. The smallest absolute Gasteiger partial charge is 0.244 e. The maximum Gasteiger partial charge on any atom is 0.244 e. The Morgan fingerprint density at radius 3 is 0.977 bits per heavy atom. The summed E-state index contributed by atoms with van der Waals surface area (Å²) in [6.45, 7) is 6.53. The molecule has 0 unspecified atom stereocenters. The van der Waals surface area contributed by atoms with Crippen LogP contribution in [0, 0.1) is 0 Å². The van der Waals surface area contributed by atoms with Crippen LogP contribution in [0.1, 0.15) is 219 Å². The fourth-order valence-corrected chi connectivity index (χ4v) is 6.34. The lowest BCUT2D eigenvalue weighted by Crippen LogP contribution is -2.35. The molecular formula is C39H80N4O. The Labute approximate surface area is 276 Å². The summed E-state index contributed by atoms with van der Waals surface area (Å²) in [5.74, 6) is 5.41. The van der Waals surface area contributed by atoms with Crippen LogP contribution in [0.15, 0.2) is 4.99 Å². The van der Waals surface area contributed by atoms with Gasteiger partial charge in [0.1, 0.15) is 6.54 Å². The third kappa shape index (κ3) is 33.8. The summed E-state index contributed by atoms with van der Waals surface area (Å²) in [4.78, 5) is 18.9. The van der Waals surface area contributed by atoms with Crippen molar-refractivity contribution in [2.24, 2.45) is 10.8 Å². The molecule has 3 N–H and O–H groups in total. The quantitative estimate of drug-likeness (QED) is 0.0239. The summed E-state index contributed by atoms with van der Waals surface area (Å²) in [6.07, 6.45) is 45.4. The molecule has 0 saturated heterocycles. The van der Waals surface area contributed by atoms with Gasteiger partial charge in [0.25, 0.3) is 0 Å². The third-order valence-corrected chi connectivity index (χ3v) is 9.31. The molecule has 5 nitrogen and oxygen atoms in total. The van der Waals surface area contributed by atoms with Gasteiger partial charge in [0.15, 0.2) is 0 Å². The van der Waals surface area contributed by atoms with Gasteiger partial charge in [-0.3, -0.25) is 9.79 Å². The van der Waals surface area contributed by atoms with E-state index in [1.807, 2.05) is 0 Å². The van der Waals surface area contributed by atoms with E-state index in [9.17, 15) is 4.79 Å². The van der Waals surface area contributed by atoms with E-state index in [0.717, 1.165) is 25.9 Å². The predicted octanol–water partition coefficient (Wildman–Crippen LogP) is 11.8. The topological polar surface area (TPSA) is 70.7 Å². The van der Waals surface area contributed by atoms with Gasteiger partial charge in [-0.25, -0.2) is 5.84 Å². The molecule has 0 radical (unpaired) electrons. The Kier molecular flexibility index (Phi) is 37.1. The lowest BCUT2D eigenvalue weighted by atomic mass is 10.0. The molecule has 0 aromatic heterocycles. The number of carbonyl (C=O) groups is 1. The summed E-state index contributed by atoms with van der Waals surface area (Å²) >= 11 is 0. The fraction of sp³-hybridized carbons (Fsp3) is 0.949. The van der Waals surface area contributed by atoms with Crippen LogP contribution in [0.25, 0.3) is 0 Å². The molecule has 0 rings (SSSR count). The van der Waals surface area contributed by atoms with Crippen molar-refractivity contribution in [2.75, 3.05) is 19.6 Å². The summed E-state index contributed by atoms with van der Waals surface area (Å²) < 4.78 is 0. The molecule has 0 spiro atoms. The van der Waals surface area contributed by atoms with Gasteiger partial charge in [-0.1, -0.05) is 206 Å². The van der Waals surface area contributed by atoms with Crippen molar-refractivity contribution in [3.05, 3.63) is 0 Å². The average molecular weight is 621 g/mol. The van der Waals surface area contributed by atoms with Crippen molar-refractivity contribution >= 4 is 12.2 Å². The minimum Gasteiger partial charge on any atom is -0.341 e. The second kappa shape index (κ2) is 38.1. The van der Waals surface area contributed by atoms with E-state index in [1.54, 1.807) is 0 Å². The molecule has 0 aliphatic rings. The molecule has 0 aromatic carbocycles. The van der Waals surface area contributed by atoms with Crippen LogP contribution in [-0.2, 0) is 4.79 Å². The second-order valence-electron chi connectivity index (χ2n) is 13.6. The van der Waals surface area contributed by atoms with E-state index < -0.39 is 0 Å². The number of hydrogen-bond donors (Lipinski definition) is 2. The lowest BCUT2D eigenvalue weighted by molar-refractivity contribution is -0.129. The third-order valence-electron chi connectivity index (χ3n) is 9.31. The largest absolute Gasteiger partial charge is 0.341 e.